The third kappa shape index (κ3) is 4.08. The minimum absolute atomic E-state index is 0.105. The van der Waals surface area contributed by atoms with E-state index in [1.54, 1.807) is 0 Å². The number of rotatable bonds is 4. The molecule has 0 aromatic heterocycles. The first kappa shape index (κ1) is 14.7. The number of ether oxygens (including phenoxy) is 1. The van der Waals surface area contributed by atoms with Crippen LogP contribution in [0.5, 0.6) is 0 Å². The lowest BCUT2D eigenvalue weighted by Gasteiger charge is -2.02. The van der Waals surface area contributed by atoms with Gasteiger partial charge < -0.3 is 10.1 Å². The van der Waals surface area contributed by atoms with Crippen LogP contribution in [0.25, 0.3) is 0 Å². The number of carbonyl (C=O) groups excluding carboxylic acids is 1. The van der Waals surface area contributed by atoms with Crippen molar-refractivity contribution in [1.82, 2.24) is 5.32 Å². The van der Waals surface area contributed by atoms with Gasteiger partial charge in [-0.25, -0.2) is 4.79 Å². The van der Waals surface area contributed by atoms with E-state index in [4.69, 9.17) is 0 Å². The summed E-state index contributed by atoms with van der Waals surface area (Å²) in [5.41, 5.74) is 0.364. The van der Waals surface area contributed by atoms with Crippen LogP contribution in [0, 0.1) is 22.0 Å². The van der Waals surface area contributed by atoms with Crippen LogP contribution in [0.4, 0.5) is 5.69 Å². The van der Waals surface area contributed by atoms with Crippen LogP contribution in [-0.2, 0) is 4.74 Å². The van der Waals surface area contributed by atoms with Crippen molar-refractivity contribution in [1.29, 1.82) is 0 Å². The summed E-state index contributed by atoms with van der Waals surface area (Å²) in [6.07, 6.45) is 0.619. The number of nitrogens with zero attached hydrogens (tertiary/aromatic N) is 1. The highest BCUT2D eigenvalue weighted by Gasteiger charge is 2.16. The summed E-state index contributed by atoms with van der Waals surface area (Å²) in [6.45, 7) is 0.730. The zero-order chi connectivity index (χ0) is 14.3. The van der Waals surface area contributed by atoms with E-state index in [-0.39, 0.29) is 11.3 Å². The van der Waals surface area contributed by atoms with Gasteiger partial charge in [-0.15, -0.1) is 0 Å². The highest BCUT2D eigenvalue weighted by Crippen LogP contribution is 2.18. The predicted molar refractivity (Wildman–Crippen MR) is 69.9 cm³/mol. The Bertz CT molecular complexity index is 543. The molecule has 0 spiro atoms. The quantitative estimate of drug-likeness (QED) is 0.291. The van der Waals surface area contributed by atoms with Crippen molar-refractivity contribution in [2.24, 2.45) is 0 Å². The van der Waals surface area contributed by atoms with Gasteiger partial charge in [0.05, 0.1) is 17.6 Å². The Morgan fingerprint density at radius 2 is 2.26 bits per heavy atom. The number of carbonyl (C=O) groups is 1. The number of esters is 1. The van der Waals surface area contributed by atoms with Gasteiger partial charge in [0.1, 0.15) is 0 Å². The van der Waals surface area contributed by atoms with E-state index in [1.807, 2.05) is 7.05 Å². The molecule has 0 saturated heterocycles. The van der Waals surface area contributed by atoms with E-state index in [9.17, 15) is 14.9 Å². The normalized spacial score (nSPS) is 9.37. The highest BCUT2D eigenvalue weighted by molar-refractivity contribution is 5.93. The van der Waals surface area contributed by atoms with Crippen molar-refractivity contribution in [3.8, 4) is 11.8 Å². The summed E-state index contributed by atoms with van der Waals surface area (Å²) in [5, 5.41) is 13.6. The molecule has 0 aliphatic carbocycles. The van der Waals surface area contributed by atoms with Gasteiger partial charge in [-0.2, -0.15) is 0 Å². The van der Waals surface area contributed by atoms with Crippen LogP contribution >= 0.6 is 0 Å². The first-order valence-corrected chi connectivity index (χ1v) is 5.60. The Kier molecular flexibility index (Phi) is 5.51. The van der Waals surface area contributed by atoms with Crippen molar-refractivity contribution in [3.63, 3.8) is 0 Å². The molecule has 0 heterocycles. The van der Waals surface area contributed by atoms with Gasteiger partial charge in [0.2, 0.25) is 0 Å². The van der Waals surface area contributed by atoms with Crippen LogP contribution in [0.1, 0.15) is 22.3 Å². The van der Waals surface area contributed by atoms with Crippen LogP contribution in [-0.4, -0.2) is 31.6 Å². The van der Waals surface area contributed by atoms with Crippen LogP contribution in [0.15, 0.2) is 18.2 Å². The Morgan fingerprint density at radius 3 is 2.84 bits per heavy atom. The molecule has 0 saturated carbocycles. The van der Waals surface area contributed by atoms with Gasteiger partial charge in [-0.1, -0.05) is 11.8 Å². The molecule has 0 amide bonds. The minimum atomic E-state index is -0.637. The summed E-state index contributed by atoms with van der Waals surface area (Å²) in [4.78, 5) is 21.7. The van der Waals surface area contributed by atoms with Gasteiger partial charge >= 0.3 is 5.97 Å². The molecule has 100 valence electrons. The maximum atomic E-state index is 11.6. The second-order valence-corrected chi connectivity index (χ2v) is 3.63. The lowest BCUT2D eigenvalue weighted by atomic mass is 10.1. The fraction of sp³-hybridized carbons (Fsp3) is 0.308. The maximum Gasteiger partial charge on any atom is 0.339 e. The minimum Gasteiger partial charge on any atom is -0.465 e. The fourth-order valence-corrected chi connectivity index (χ4v) is 1.38. The molecule has 6 nitrogen and oxygen atoms in total. The molecule has 0 radical (unpaired) electrons. The number of non-ortho nitro benzene ring substituents is 1. The molecule has 0 bridgehead atoms. The maximum absolute atomic E-state index is 11.6. The van der Waals surface area contributed by atoms with E-state index in [2.05, 4.69) is 21.9 Å². The zero-order valence-corrected chi connectivity index (χ0v) is 10.7. The fourth-order valence-electron chi connectivity index (χ4n) is 1.38. The molecule has 0 aliphatic heterocycles. The molecule has 1 aromatic carbocycles. The summed E-state index contributed by atoms with van der Waals surface area (Å²) >= 11 is 0. The third-order valence-corrected chi connectivity index (χ3v) is 2.34. The Balaban J connectivity index is 3.11. The van der Waals surface area contributed by atoms with E-state index >= 15 is 0 Å². The first-order valence-electron chi connectivity index (χ1n) is 5.60. The van der Waals surface area contributed by atoms with Gasteiger partial charge in [0.25, 0.3) is 5.69 Å². The number of benzene rings is 1. The van der Waals surface area contributed by atoms with Gasteiger partial charge in [-0.05, 0) is 13.1 Å². The molecule has 0 fully saturated rings. The van der Waals surface area contributed by atoms with E-state index in [1.165, 1.54) is 25.3 Å². The standard InChI is InChI=1S/C13H14N2O4/c1-14-8-4-3-5-10-6-7-11(15(17)18)9-12(10)13(16)19-2/h6-7,9,14H,4,8H2,1-2H3. The van der Waals surface area contributed by atoms with Crippen molar-refractivity contribution < 1.29 is 14.5 Å². The van der Waals surface area contributed by atoms with Crippen LogP contribution < -0.4 is 5.32 Å². The molecule has 0 aliphatic rings. The number of hydrogen-bond acceptors (Lipinski definition) is 5. The topological polar surface area (TPSA) is 81.5 Å². The van der Waals surface area contributed by atoms with Gasteiger partial charge in [-0.3, -0.25) is 10.1 Å². The number of nitrogens with one attached hydrogen (secondary N) is 1. The molecular formula is C13H14N2O4. The molecule has 1 rings (SSSR count). The van der Waals surface area contributed by atoms with E-state index in [0.29, 0.717) is 12.0 Å². The number of nitro groups is 1. The smallest absolute Gasteiger partial charge is 0.339 e. The number of methoxy groups -OCH3 is 1. The second-order valence-electron chi connectivity index (χ2n) is 3.63. The lowest BCUT2D eigenvalue weighted by Crippen LogP contribution is -2.06. The molecule has 1 aromatic rings. The third-order valence-electron chi connectivity index (χ3n) is 2.34. The van der Waals surface area contributed by atoms with E-state index in [0.717, 1.165) is 6.54 Å². The van der Waals surface area contributed by atoms with Crippen molar-refractivity contribution in [2.45, 2.75) is 6.42 Å². The van der Waals surface area contributed by atoms with Crippen molar-refractivity contribution in [2.75, 3.05) is 20.7 Å². The average Bonchev–Trinajstić information content (AvgIpc) is 2.42. The highest BCUT2D eigenvalue weighted by atomic mass is 16.6. The Hall–Kier alpha value is -2.39. The Labute approximate surface area is 110 Å². The predicted octanol–water partition coefficient (Wildman–Crippen LogP) is 1.34. The van der Waals surface area contributed by atoms with Crippen LogP contribution in [0.2, 0.25) is 0 Å². The lowest BCUT2D eigenvalue weighted by molar-refractivity contribution is -0.384. The van der Waals surface area contributed by atoms with Crippen molar-refractivity contribution in [3.05, 3.63) is 39.4 Å². The zero-order valence-electron chi connectivity index (χ0n) is 10.7. The summed E-state index contributed by atoms with van der Waals surface area (Å²) in [5.74, 6) is 5.06. The molecular weight excluding hydrogens is 248 g/mol. The first-order chi connectivity index (χ1) is 9.10. The Morgan fingerprint density at radius 1 is 1.53 bits per heavy atom. The second kappa shape index (κ2) is 7.13. The van der Waals surface area contributed by atoms with Gasteiger partial charge in [0.15, 0.2) is 0 Å². The van der Waals surface area contributed by atoms with E-state index < -0.39 is 10.9 Å². The summed E-state index contributed by atoms with van der Waals surface area (Å²) in [6, 6.07) is 3.94. The largest absolute Gasteiger partial charge is 0.465 e. The summed E-state index contributed by atoms with van der Waals surface area (Å²) < 4.78 is 4.60. The number of hydrogen-bond donors (Lipinski definition) is 1. The van der Waals surface area contributed by atoms with Crippen LogP contribution in [0.3, 0.4) is 0 Å². The SMILES string of the molecule is CNCCC#Cc1ccc([N+](=O)[O-])cc1C(=O)OC. The summed E-state index contributed by atoms with van der Waals surface area (Å²) in [7, 11) is 3.03. The number of nitro benzene ring substituents is 1. The molecule has 0 atom stereocenters. The molecule has 1 N–H and O–H groups in total. The average molecular weight is 262 g/mol. The molecule has 0 unspecified atom stereocenters. The molecule has 19 heavy (non-hydrogen) atoms. The van der Waals surface area contributed by atoms with Crippen molar-refractivity contribution >= 4 is 11.7 Å². The molecule has 6 heteroatoms. The van der Waals surface area contributed by atoms with Gasteiger partial charge in [0, 0.05) is 30.7 Å². The monoisotopic (exact) mass is 262 g/mol.